The molecular weight excluding hydrogens is 308 g/mol. The lowest BCUT2D eigenvalue weighted by Crippen LogP contribution is -2.47. The molecule has 23 heavy (non-hydrogen) atoms. The van der Waals surface area contributed by atoms with Crippen molar-refractivity contribution in [3.05, 3.63) is 29.8 Å². The van der Waals surface area contributed by atoms with E-state index in [9.17, 15) is 4.79 Å². The van der Waals surface area contributed by atoms with Crippen molar-refractivity contribution in [1.29, 1.82) is 0 Å². The smallest absolute Gasteiger partial charge is 0.341 e. The van der Waals surface area contributed by atoms with Gasteiger partial charge in [0.15, 0.2) is 6.61 Å². The molecule has 1 N–H and O–H groups in total. The van der Waals surface area contributed by atoms with Gasteiger partial charge in [0.2, 0.25) is 8.32 Å². The minimum Gasteiger partial charge on any atom is -0.482 e. The van der Waals surface area contributed by atoms with E-state index < -0.39 is 14.3 Å². The Hall–Kier alpha value is -1.33. The van der Waals surface area contributed by atoms with Gasteiger partial charge in [-0.05, 0) is 34.3 Å². The predicted octanol–water partition coefficient (Wildman–Crippen LogP) is 4.84. The lowest BCUT2D eigenvalue weighted by Gasteiger charge is -2.42. The number of carbonyl (C=O) groups is 1. The average Bonchev–Trinajstić information content (AvgIpc) is 2.45. The summed E-state index contributed by atoms with van der Waals surface area (Å²) in [5, 5.41) is 8.62. The van der Waals surface area contributed by atoms with Gasteiger partial charge in [-0.2, -0.15) is 0 Å². The van der Waals surface area contributed by atoms with Gasteiger partial charge in [0.05, 0.1) is 6.61 Å². The molecule has 0 radical (unpaired) electrons. The van der Waals surface area contributed by atoms with E-state index in [1.807, 2.05) is 12.1 Å². The Morgan fingerprint density at radius 1 is 1.00 bits per heavy atom. The van der Waals surface area contributed by atoms with Crippen LogP contribution in [-0.2, 0) is 15.8 Å². The molecule has 0 spiro atoms. The van der Waals surface area contributed by atoms with E-state index in [0.29, 0.717) is 29.0 Å². The minimum absolute atomic E-state index is 0.320. The van der Waals surface area contributed by atoms with Gasteiger partial charge in [0, 0.05) is 0 Å². The Morgan fingerprint density at radius 2 is 1.48 bits per heavy atom. The van der Waals surface area contributed by atoms with E-state index in [2.05, 4.69) is 41.5 Å². The fourth-order valence-corrected chi connectivity index (χ4v) is 8.95. The summed E-state index contributed by atoms with van der Waals surface area (Å²) >= 11 is 0. The SMILES string of the molecule is CC(C)[Si](OCc1ccc(OCC(=O)O)cc1)(C(C)C)C(C)C. The molecule has 1 rings (SSSR count). The molecule has 130 valence electrons. The zero-order chi connectivity index (χ0) is 17.6. The Kier molecular flexibility index (Phi) is 7.29. The second kappa shape index (κ2) is 8.50. The molecule has 0 aliphatic carbocycles. The van der Waals surface area contributed by atoms with Crippen molar-refractivity contribution in [3.63, 3.8) is 0 Å². The molecule has 4 nitrogen and oxygen atoms in total. The van der Waals surface area contributed by atoms with Crippen LogP contribution in [0.5, 0.6) is 5.75 Å². The first-order valence-corrected chi connectivity index (χ1v) is 10.4. The number of carboxylic acids is 1. The van der Waals surface area contributed by atoms with Gasteiger partial charge in [-0.1, -0.05) is 53.7 Å². The molecule has 0 aliphatic rings. The zero-order valence-electron chi connectivity index (χ0n) is 15.1. The fraction of sp³-hybridized carbons (Fsp3) is 0.611. The van der Waals surface area contributed by atoms with Gasteiger partial charge >= 0.3 is 5.97 Å². The predicted molar refractivity (Wildman–Crippen MR) is 95.4 cm³/mol. The summed E-state index contributed by atoms with van der Waals surface area (Å²) in [6.45, 7) is 13.9. The van der Waals surface area contributed by atoms with Crippen LogP contribution >= 0.6 is 0 Å². The van der Waals surface area contributed by atoms with Crippen LogP contribution in [0.1, 0.15) is 47.1 Å². The van der Waals surface area contributed by atoms with Crippen LogP contribution < -0.4 is 4.74 Å². The van der Waals surface area contributed by atoms with E-state index in [1.165, 1.54) is 0 Å². The number of benzene rings is 1. The Morgan fingerprint density at radius 3 is 1.87 bits per heavy atom. The van der Waals surface area contributed by atoms with Crippen LogP contribution in [0.3, 0.4) is 0 Å². The van der Waals surface area contributed by atoms with Gasteiger partial charge in [0.25, 0.3) is 0 Å². The molecule has 0 aromatic heterocycles. The van der Waals surface area contributed by atoms with Crippen molar-refractivity contribution in [3.8, 4) is 5.75 Å². The second-order valence-corrected chi connectivity index (χ2v) is 12.4. The number of hydrogen-bond acceptors (Lipinski definition) is 3. The van der Waals surface area contributed by atoms with E-state index in [-0.39, 0.29) is 6.61 Å². The molecule has 5 heteroatoms. The maximum Gasteiger partial charge on any atom is 0.341 e. The summed E-state index contributed by atoms with van der Waals surface area (Å²) in [6.07, 6.45) is 0. The van der Waals surface area contributed by atoms with E-state index in [0.717, 1.165) is 5.56 Å². The van der Waals surface area contributed by atoms with Crippen LogP contribution in [0, 0.1) is 0 Å². The molecule has 0 amide bonds. The highest BCUT2D eigenvalue weighted by atomic mass is 28.4. The molecule has 0 saturated heterocycles. The Labute approximate surface area is 140 Å². The largest absolute Gasteiger partial charge is 0.482 e. The summed E-state index contributed by atoms with van der Waals surface area (Å²) in [5.74, 6) is -0.407. The van der Waals surface area contributed by atoms with Crippen molar-refractivity contribution in [2.24, 2.45) is 0 Å². The molecule has 0 atom stereocenters. The fourth-order valence-electron chi connectivity index (χ4n) is 3.54. The Balaban J connectivity index is 2.76. The van der Waals surface area contributed by atoms with Crippen LogP contribution in [-0.4, -0.2) is 26.0 Å². The molecule has 0 saturated carbocycles. The average molecular weight is 339 g/mol. The summed E-state index contributed by atoms with van der Waals surface area (Å²) < 4.78 is 11.7. The summed E-state index contributed by atoms with van der Waals surface area (Å²) in [5.41, 5.74) is 2.76. The van der Waals surface area contributed by atoms with Crippen LogP contribution in [0.15, 0.2) is 24.3 Å². The van der Waals surface area contributed by atoms with Gasteiger partial charge in [0.1, 0.15) is 5.75 Å². The maximum atomic E-state index is 10.5. The van der Waals surface area contributed by atoms with Crippen molar-refractivity contribution in [2.75, 3.05) is 6.61 Å². The lowest BCUT2D eigenvalue weighted by atomic mass is 10.2. The topological polar surface area (TPSA) is 55.8 Å². The van der Waals surface area contributed by atoms with E-state index in [4.69, 9.17) is 14.3 Å². The normalized spacial score (nSPS) is 12.2. The number of carboxylic acid groups (broad SMARTS) is 1. The standard InChI is InChI=1S/C18H30O4Si/c1-13(2)23(14(3)4,15(5)6)22-11-16-7-9-17(10-8-16)21-12-18(19)20/h7-10,13-15H,11-12H2,1-6H3,(H,19,20). The van der Waals surface area contributed by atoms with E-state index in [1.54, 1.807) is 12.1 Å². The molecule has 0 bridgehead atoms. The first kappa shape index (κ1) is 19.7. The van der Waals surface area contributed by atoms with Gasteiger partial charge in [-0.3, -0.25) is 0 Å². The lowest BCUT2D eigenvalue weighted by molar-refractivity contribution is -0.139. The first-order valence-electron chi connectivity index (χ1n) is 8.27. The molecule has 1 aromatic carbocycles. The van der Waals surface area contributed by atoms with Crippen LogP contribution in [0.4, 0.5) is 0 Å². The monoisotopic (exact) mass is 338 g/mol. The first-order chi connectivity index (χ1) is 10.7. The van der Waals surface area contributed by atoms with E-state index >= 15 is 0 Å². The molecule has 1 aromatic rings. The quantitative estimate of drug-likeness (QED) is 0.654. The van der Waals surface area contributed by atoms with Crippen molar-refractivity contribution < 1.29 is 19.1 Å². The van der Waals surface area contributed by atoms with Crippen molar-refractivity contribution >= 4 is 14.3 Å². The zero-order valence-corrected chi connectivity index (χ0v) is 16.1. The van der Waals surface area contributed by atoms with Gasteiger partial charge < -0.3 is 14.3 Å². The van der Waals surface area contributed by atoms with Gasteiger partial charge in [-0.15, -0.1) is 0 Å². The summed E-state index contributed by atoms with van der Waals surface area (Å²) in [4.78, 5) is 10.5. The highest BCUT2D eigenvalue weighted by Crippen LogP contribution is 2.42. The highest BCUT2D eigenvalue weighted by Gasteiger charge is 2.44. The third-order valence-electron chi connectivity index (χ3n) is 4.48. The molecule has 0 heterocycles. The molecular formula is C18H30O4Si. The molecule has 0 fully saturated rings. The third kappa shape index (κ3) is 5.08. The van der Waals surface area contributed by atoms with Gasteiger partial charge in [-0.25, -0.2) is 4.79 Å². The molecule has 0 aliphatic heterocycles. The molecule has 0 unspecified atom stereocenters. The summed E-state index contributed by atoms with van der Waals surface area (Å²) in [6, 6.07) is 7.48. The number of ether oxygens (including phenoxy) is 1. The highest BCUT2D eigenvalue weighted by molar-refractivity contribution is 6.77. The minimum atomic E-state index is -1.86. The van der Waals surface area contributed by atoms with Crippen molar-refractivity contribution in [1.82, 2.24) is 0 Å². The summed E-state index contributed by atoms with van der Waals surface area (Å²) in [7, 11) is -1.86. The number of aliphatic carboxylic acids is 1. The number of hydrogen-bond donors (Lipinski definition) is 1. The maximum absolute atomic E-state index is 10.5. The van der Waals surface area contributed by atoms with Crippen LogP contribution in [0.25, 0.3) is 0 Å². The Bertz CT molecular complexity index is 472. The van der Waals surface area contributed by atoms with Crippen LogP contribution in [0.2, 0.25) is 16.6 Å². The van der Waals surface area contributed by atoms with Crippen molar-refractivity contribution in [2.45, 2.75) is 64.8 Å². The second-order valence-electron chi connectivity index (χ2n) is 6.93. The third-order valence-corrected chi connectivity index (χ3v) is 10.5. The number of rotatable bonds is 9.